The monoisotopic (exact) mass is 1660 g/mol. The molecule has 1 atom stereocenters. The molecule has 0 aromatic rings. The van der Waals surface area contributed by atoms with Gasteiger partial charge in [-0.25, -0.2) is 0 Å². The van der Waals surface area contributed by atoms with Crippen molar-refractivity contribution in [1.29, 1.82) is 0 Å². The minimum Gasteiger partial charge on any atom is -0.480 e. The van der Waals surface area contributed by atoms with Crippen molar-refractivity contribution in [2.75, 3.05) is 334 Å². The molecular weight excluding hydrogens is 1540 g/mol. The highest BCUT2D eigenvalue weighted by Gasteiger charge is 2.37. The zero-order chi connectivity index (χ0) is 85.9. The molecule has 4 saturated heterocycles. The van der Waals surface area contributed by atoms with Gasteiger partial charge in [0.15, 0.2) is 0 Å². The van der Waals surface area contributed by atoms with Crippen LogP contribution in [0.15, 0.2) is 0 Å². The van der Waals surface area contributed by atoms with Crippen molar-refractivity contribution in [3.63, 3.8) is 0 Å². The summed E-state index contributed by atoms with van der Waals surface area (Å²) < 4.78 is 0. The molecule has 0 aromatic heterocycles. The van der Waals surface area contributed by atoms with Crippen molar-refractivity contribution < 1.29 is 138 Å². The highest BCUT2D eigenvalue weighted by Crippen LogP contribution is 2.12. The molecule has 0 bridgehead atoms. The topological polar surface area (TPSA) is 619 Å². The Morgan fingerprint density at radius 1 is 0.198 bits per heavy atom. The van der Waals surface area contributed by atoms with Crippen molar-refractivity contribution >= 4 is 89.4 Å². The van der Waals surface area contributed by atoms with Crippen LogP contribution in [0.1, 0.15) is 0 Å². The third-order valence-corrected chi connectivity index (χ3v) is 19.9. The molecule has 4 aliphatic rings. The smallest absolute Gasteiger partial charge is 0.317 e. The van der Waals surface area contributed by atoms with Crippen LogP contribution in [0, 0.1) is 0 Å². The number of nitrogens with zero attached hydrogens (tertiary/aromatic N) is 16. The summed E-state index contributed by atoms with van der Waals surface area (Å²) in [5.41, 5.74) is -1.97. The van der Waals surface area contributed by atoms with Gasteiger partial charge in [-0.05, 0) is 0 Å². The summed E-state index contributed by atoms with van der Waals surface area (Å²) in [6.45, 7) is -8.98. The van der Waals surface area contributed by atoms with E-state index in [1.165, 1.54) is 44.1 Å². The van der Waals surface area contributed by atoms with Crippen LogP contribution < -0.4 is 21.3 Å². The number of hydrogen-bond donors (Lipinski definition) is 17. The van der Waals surface area contributed by atoms with Crippen molar-refractivity contribution in [3.8, 4) is 0 Å². The number of aliphatic hydroxyl groups excluding tert-OH is 1. The van der Waals surface area contributed by atoms with E-state index < -0.39 is 225 Å². The number of carboxylic acid groups (broad SMARTS) is 12. The fourth-order valence-corrected chi connectivity index (χ4v) is 13.7. The number of hydrogen-bond acceptors (Lipinski definition) is 33. The Balaban J connectivity index is 1.91. The Kier molecular flexibility index (Phi) is 46.1. The Bertz CT molecular complexity index is 2820. The van der Waals surface area contributed by atoms with Crippen molar-refractivity contribution in [2.24, 2.45) is 0 Å². The summed E-state index contributed by atoms with van der Waals surface area (Å²) in [6.07, 6.45) is -1.79. The lowest BCUT2D eigenvalue weighted by Gasteiger charge is -2.40. The largest absolute Gasteiger partial charge is 0.480 e. The van der Waals surface area contributed by atoms with E-state index in [9.17, 15) is 138 Å². The van der Waals surface area contributed by atoms with Crippen LogP contribution in [-0.4, -0.2) is 580 Å². The third-order valence-electron chi connectivity index (χ3n) is 19.9. The maximum absolute atomic E-state index is 14.9. The van der Waals surface area contributed by atoms with E-state index in [4.69, 9.17) is 0 Å². The summed E-state index contributed by atoms with van der Waals surface area (Å²) in [4.78, 5) is 215. The Morgan fingerprint density at radius 2 is 0.310 bits per heavy atom. The third kappa shape index (κ3) is 45.7. The van der Waals surface area contributed by atoms with Crippen molar-refractivity contribution in [2.45, 2.75) is 11.8 Å². The molecule has 0 spiro atoms. The number of aliphatic carboxylic acids is 12. The molecule has 0 aliphatic carbocycles. The van der Waals surface area contributed by atoms with Crippen LogP contribution >= 0.6 is 0 Å². The van der Waals surface area contributed by atoms with Gasteiger partial charge in [-0.15, -0.1) is 0 Å². The Hall–Kier alpha value is -8.67. The van der Waals surface area contributed by atoms with Gasteiger partial charge in [0.05, 0.1) is 104 Å². The number of carbonyl (C=O) groups is 15. The lowest BCUT2D eigenvalue weighted by atomic mass is 9.97. The fraction of sp³-hybridized carbons (Fsp3) is 0.779. The summed E-state index contributed by atoms with van der Waals surface area (Å²) in [6, 6.07) is 0. The first-order valence-corrected chi connectivity index (χ1v) is 38.3. The minimum atomic E-state index is -1.97. The van der Waals surface area contributed by atoms with Gasteiger partial charge >= 0.3 is 71.6 Å². The molecule has 116 heavy (non-hydrogen) atoms. The molecular formula is C68H120N20O28. The molecule has 4 rings (SSSR count). The standard InChI is InChI=1S/C68H120N20O28/c89-52(33-73-1-9-77(37-56(93)94)17-25-85(45-64(109)110)26-18-78(10-2-73)38-57(95)96)69-49-68(72-55(92)36-76-7-15-83(43-62(105)106)23-31-88(48-67(115)116)32-24-84(16-8-76)44-63(107)108,50-70-53(90)34-74-3-11-79(39-58(97)98)19-27-86(46-65(111)112)28-20-80(12-4-74)40-59(99)100)51-71-54(91)35-75-5-13-81(41-60(101)102)21-29-87(47-66(113)114)30-22-82(14-6-75)42-61(103)104/h55,72,92H,1-51H2,(H,69,89)(H,70,90)(H,71,91)(H,93,94)(H,95,96)(H,97,98)(H,99,100)(H,101,102)(H,103,104)(H,105,106)(H,107,108)(H,109,110)(H,111,112)(H,113,114)(H,115,116). The molecule has 0 radical (unpaired) electrons. The molecule has 4 aliphatic heterocycles. The second kappa shape index (κ2) is 53.6. The molecule has 1 unspecified atom stereocenters. The van der Waals surface area contributed by atoms with Crippen LogP contribution in [0.4, 0.5) is 0 Å². The average Bonchev–Trinajstić information content (AvgIpc) is 0.829. The normalized spacial score (nSPS) is 20.0. The van der Waals surface area contributed by atoms with Crippen LogP contribution in [0.25, 0.3) is 0 Å². The van der Waals surface area contributed by atoms with Crippen molar-refractivity contribution in [3.05, 3.63) is 0 Å². The molecule has 3 amide bonds. The van der Waals surface area contributed by atoms with Crippen LogP contribution in [0.2, 0.25) is 0 Å². The molecule has 48 nitrogen and oxygen atoms in total. The molecule has 0 aromatic carbocycles. The average molecular weight is 1670 g/mol. The van der Waals surface area contributed by atoms with E-state index in [1.807, 2.05) is 0 Å². The summed E-state index contributed by atoms with van der Waals surface area (Å²) in [5, 5.41) is 143. The number of β-amino-alcohol motifs (C(OH)–C–C–N with tert-alkyl or cyclic N) is 1. The van der Waals surface area contributed by atoms with Crippen LogP contribution in [0.3, 0.4) is 0 Å². The van der Waals surface area contributed by atoms with Gasteiger partial charge in [-0.3, -0.25) is 156 Å². The molecule has 48 heteroatoms. The predicted octanol–water partition coefficient (Wildman–Crippen LogP) is -12.1. The second-order valence-corrected chi connectivity index (χ2v) is 29.4. The number of carboxylic acids is 12. The zero-order valence-electron chi connectivity index (χ0n) is 65.7. The van der Waals surface area contributed by atoms with E-state index in [-0.39, 0.29) is 209 Å². The Morgan fingerprint density at radius 3 is 0.431 bits per heavy atom. The van der Waals surface area contributed by atoms with Gasteiger partial charge in [-0.2, -0.15) is 0 Å². The minimum absolute atomic E-state index is 0.00778. The van der Waals surface area contributed by atoms with Gasteiger partial charge in [0.1, 0.15) is 6.23 Å². The highest BCUT2D eigenvalue weighted by atomic mass is 16.4. The van der Waals surface area contributed by atoms with E-state index >= 15 is 0 Å². The van der Waals surface area contributed by atoms with Gasteiger partial charge in [0.25, 0.3) is 0 Å². The van der Waals surface area contributed by atoms with E-state index in [1.54, 1.807) is 34.3 Å². The zero-order valence-corrected chi connectivity index (χ0v) is 65.7. The van der Waals surface area contributed by atoms with E-state index in [2.05, 4.69) is 21.3 Å². The first-order chi connectivity index (χ1) is 54.8. The SMILES string of the molecule is O=C(O)CN1CCN(CC(=O)O)CCN(CC(=O)NCC(CNC(=O)CN2CCN(CC(=O)O)CCN(CC(=O)O)CCN(CC(=O)O)CC2)(CNC(=O)CN2CCN(CC(=O)O)CCN(CC(=O)O)CCN(CC(=O)O)CC2)NC(O)CN2CCN(CC(=O)O)CCN(CC(=O)O)CCN(CC(=O)O)CC2)CCN(CC(=O)O)CC1. The van der Waals surface area contributed by atoms with Gasteiger partial charge < -0.3 is 82.3 Å². The maximum Gasteiger partial charge on any atom is 0.317 e. The van der Waals surface area contributed by atoms with Crippen LogP contribution in [0.5, 0.6) is 0 Å². The summed E-state index contributed by atoms with van der Waals surface area (Å²) >= 11 is 0. The number of aliphatic hydroxyl groups is 1. The van der Waals surface area contributed by atoms with Gasteiger partial charge in [-0.1, -0.05) is 0 Å². The van der Waals surface area contributed by atoms with Crippen molar-refractivity contribution in [1.82, 2.24) is 99.7 Å². The summed E-state index contributed by atoms with van der Waals surface area (Å²) in [5.74, 6) is -16.7. The predicted molar refractivity (Wildman–Crippen MR) is 406 cm³/mol. The fourth-order valence-electron chi connectivity index (χ4n) is 13.7. The summed E-state index contributed by atoms with van der Waals surface area (Å²) in [7, 11) is 0. The Labute approximate surface area is 670 Å². The molecule has 4 fully saturated rings. The van der Waals surface area contributed by atoms with Gasteiger partial charge in [0.2, 0.25) is 17.7 Å². The molecule has 0 saturated carbocycles. The quantitative estimate of drug-likeness (QED) is 0.0253. The van der Waals surface area contributed by atoms with E-state index in [0.717, 1.165) is 0 Å². The molecule has 660 valence electrons. The number of rotatable bonds is 40. The number of carbonyl (C=O) groups excluding carboxylic acids is 3. The number of amides is 3. The lowest BCUT2D eigenvalue weighted by Crippen LogP contribution is -2.69. The van der Waals surface area contributed by atoms with Gasteiger partial charge in [0, 0.05) is 236 Å². The maximum atomic E-state index is 14.9. The lowest BCUT2D eigenvalue weighted by molar-refractivity contribution is -0.140. The number of nitrogens with one attached hydrogen (secondary N) is 4. The molecule has 17 N–H and O–H groups in total. The first-order valence-electron chi connectivity index (χ1n) is 38.3. The first kappa shape index (κ1) is 99.7. The van der Waals surface area contributed by atoms with Crippen LogP contribution in [-0.2, 0) is 71.9 Å². The second-order valence-electron chi connectivity index (χ2n) is 29.4. The molecule has 4 heterocycles. The highest BCUT2D eigenvalue weighted by molar-refractivity contribution is 5.80. The van der Waals surface area contributed by atoms with E-state index in [0.29, 0.717) is 0 Å².